The molecule has 0 aliphatic carbocycles. The van der Waals surface area contributed by atoms with Gasteiger partial charge in [0.15, 0.2) is 0 Å². The van der Waals surface area contributed by atoms with Crippen molar-refractivity contribution in [2.75, 3.05) is 0 Å². The molecule has 0 spiro atoms. The summed E-state index contributed by atoms with van der Waals surface area (Å²) in [7, 11) is -0.554. The molecule has 0 radical (unpaired) electrons. The van der Waals surface area contributed by atoms with Gasteiger partial charge in [0.2, 0.25) is 0 Å². The predicted molar refractivity (Wildman–Crippen MR) is 68.7 cm³/mol. The summed E-state index contributed by atoms with van der Waals surface area (Å²) in [5, 5.41) is 0.637. The molecule has 1 fully saturated rings. The zero-order valence-electron chi connectivity index (χ0n) is 11.0. The summed E-state index contributed by atoms with van der Waals surface area (Å²) in [6.07, 6.45) is 4.51. The van der Waals surface area contributed by atoms with Crippen LogP contribution in [-0.4, -0.2) is 8.80 Å². The summed E-state index contributed by atoms with van der Waals surface area (Å²) < 4.78 is 0. The van der Waals surface area contributed by atoms with Crippen molar-refractivity contribution in [1.82, 2.24) is 0 Å². The zero-order valence-corrected chi connectivity index (χ0v) is 12.1. The van der Waals surface area contributed by atoms with Gasteiger partial charge in [-0.15, -0.1) is 0 Å². The quantitative estimate of drug-likeness (QED) is 0.514. The third kappa shape index (κ3) is 2.85. The lowest BCUT2D eigenvalue weighted by molar-refractivity contribution is 0.335. The Labute approximate surface area is 92.1 Å². The Morgan fingerprint density at radius 3 is 1.86 bits per heavy atom. The van der Waals surface area contributed by atoms with Crippen LogP contribution in [0.25, 0.3) is 0 Å². The van der Waals surface area contributed by atoms with Gasteiger partial charge >= 0.3 is 0 Å². The summed E-state index contributed by atoms with van der Waals surface area (Å²) in [4.78, 5) is 0. The molecule has 1 heteroatoms. The van der Waals surface area contributed by atoms with Crippen molar-refractivity contribution in [2.45, 2.75) is 77.4 Å². The first-order valence-electron chi connectivity index (χ1n) is 6.23. The fourth-order valence-corrected chi connectivity index (χ4v) is 8.25. The van der Waals surface area contributed by atoms with Crippen LogP contribution in [-0.2, 0) is 0 Å². The van der Waals surface area contributed by atoms with E-state index in [0.29, 0.717) is 10.5 Å². The van der Waals surface area contributed by atoms with Crippen molar-refractivity contribution in [3.05, 3.63) is 0 Å². The molecule has 14 heavy (non-hydrogen) atoms. The Hall–Kier alpha value is 0.217. The Balaban J connectivity index is 2.80. The van der Waals surface area contributed by atoms with E-state index in [9.17, 15) is 0 Å². The second-order valence-electron chi connectivity index (χ2n) is 7.23. The van der Waals surface area contributed by atoms with Gasteiger partial charge in [0.05, 0.1) is 0 Å². The summed E-state index contributed by atoms with van der Waals surface area (Å²) in [5.74, 6) is 0. The molecule has 0 aromatic carbocycles. The molecule has 0 bridgehead atoms. The topological polar surface area (TPSA) is 0 Å². The molecule has 2 unspecified atom stereocenters. The highest BCUT2D eigenvalue weighted by molar-refractivity contribution is 6.64. The van der Waals surface area contributed by atoms with Crippen LogP contribution in [0.15, 0.2) is 0 Å². The SMILES string of the molecule is CC(C)(C)C1CCCC[SiH]1C(C)(C)C. The molecule has 1 aliphatic heterocycles. The molecule has 0 aromatic heterocycles. The normalized spacial score (nSPS) is 30.4. The van der Waals surface area contributed by atoms with Crippen LogP contribution in [0.4, 0.5) is 0 Å². The molecule has 0 aromatic rings. The van der Waals surface area contributed by atoms with E-state index in [0.717, 1.165) is 5.54 Å². The van der Waals surface area contributed by atoms with Crippen molar-refractivity contribution in [3.63, 3.8) is 0 Å². The fraction of sp³-hybridized carbons (Fsp3) is 1.00. The molecule has 84 valence electrons. The van der Waals surface area contributed by atoms with Crippen LogP contribution in [0.1, 0.15) is 60.8 Å². The number of hydrogen-bond acceptors (Lipinski definition) is 0. The van der Waals surface area contributed by atoms with Crippen molar-refractivity contribution in [3.8, 4) is 0 Å². The standard InChI is InChI=1S/C13H28Si/c1-12(2,3)11-9-7-8-10-14(11)13(4,5)6/h11,14H,7-10H2,1-6H3. The Morgan fingerprint density at radius 1 is 0.929 bits per heavy atom. The summed E-state index contributed by atoms with van der Waals surface area (Å²) in [6, 6.07) is 1.59. The third-order valence-corrected chi connectivity index (χ3v) is 9.55. The molecule has 0 nitrogen and oxygen atoms in total. The first-order valence-corrected chi connectivity index (χ1v) is 8.29. The van der Waals surface area contributed by atoms with Crippen LogP contribution in [0.3, 0.4) is 0 Å². The summed E-state index contributed by atoms with van der Waals surface area (Å²) >= 11 is 0. The molecule has 0 saturated carbocycles. The highest BCUT2D eigenvalue weighted by Gasteiger charge is 2.40. The van der Waals surface area contributed by atoms with Gasteiger partial charge in [-0.1, -0.05) is 66.8 Å². The fourth-order valence-electron chi connectivity index (χ4n) is 3.20. The molecular weight excluding hydrogens is 184 g/mol. The maximum Gasteiger partial charge on any atom is 0.0458 e. The Bertz CT molecular complexity index is 160. The first kappa shape index (κ1) is 12.3. The molecule has 0 amide bonds. The van der Waals surface area contributed by atoms with Crippen LogP contribution in [0, 0.1) is 5.41 Å². The second-order valence-corrected chi connectivity index (χ2v) is 11.6. The third-order valence-electron chi connectivity index (χ3n) is 3.99. The van der Waals surface area contributed by atoms with Crippen LogP contribution in [0.2, 0.25) is 16.6 Å². The maximum absolute atomic E-state index is 2.48. The second kappa shape index (κ2) is 4.00. The molecule has 1 aliphatic rings. The molecule has 2 atom stereocenters. The highest BCUT2D eigenvalue weighted by Crippen LogP contribution is 2.50. The average Bonchev–Trinajstić information content (AvgIpc) is 2.01. The predicted octanol–water partition coefficient (Wildman–Crippen LogP) is 4.61. The Kier molecular flexibility index (Phi) is 3.51. The molecular formula is C13H28Si. The van der Waals surface area contributed by atoms with Crippen LogP contribution >= 0.6 is 0 Å². The van der Waals surface area contributed by atoms with Crippen molar-refractivity contribution in [2.24, 2.45) is 5.41 Å². The molecule has 1 heterocycles. The van der Waals surface area contributed by atoms with Crippen molar-refractivity contribution >= 4 is 8.80 Å². The maximum atomic E-state index is 2.48. The van der Waals surface area contributed by atoms with Gasteiger partial charge in [-0.25, -0.2) is 0 Å². The van der Waals surface area contributed by atoms with Gasteiger partial charge in [-0.3, -0.25) is 0 Å². The highest BCUT2D eigenvalue weighted by atomic mass is 28.3. The first-order chi connectivity index (χ1) is 6.23. The van der Waals surface area contributed by atoms with Gasteiger partial charge in [0.1, 0.15) is 0 Å². The zero-order chi connectivity index (χ0) is 11.0. The van der Waals surface area contributed by atoms with Crippen molar-refractivity contribution < 1.29 is 0 Å². The van der Waals surface area contributed by atoms with Crippen LogP contribution in [0.5, 0.6) is 0 Å². The number of rotatable bonds is 0. The van der Waals surface area contributed by atoms with Gasteiger partial charge in [-0.2, -0.15) is 0 Å². The molecule has 1 saturated heterocycles. The van der Waals surface area contributed by atoms with E-state index >= 15 is 0 Å². The van der Waals surface area contributed by atoms with Gasteiger partial charge in [0.25, 0.3) is 0 Å². The number of hydrogen-bond donors (Lipinski definition) is 0. The largest absolute Gasteiger partial charge is 0.0628 e. The smallest absolute Gasteiger partial charge is 0.0458 e. The van der Waals surface area contributed by atoms with Gasteiger partial charge in [-0.05, 0) is 16.0 Å². The van der Waals surface area contributed by atoms with E-state index < -0.39 is 8.80 Å². The minimum atomic E-state index is -0.554. The van der Waals surface area contributed by atoms with Crippen LogP contribution < -0.4 is 0 Å². The monoisotopic (exact) mass is 212 g/mol. The van der Waals surface area contributed by atoms with Gasteiger partial charge < -0.3 is 0 Å². The lowest BCUT2D eigenvalue weighted by atomic mass is 9.88. The minimum Gasteiger partial charge on any atom is -0.0628 e. The molecule has 0 N–H and O–H groups in total. The lowest BCUT2D eigenvalue weighted by Crippen LogP contribution is -2.39. The van der Waals surface area contributed by atoms with E-state index in [-0.39, 0.29) is 0 Å². The van der Waals surface area contributed by atoms with E-state index in [1.54, 1.807) is 6.04 Å². The molecule has 1 rings (SSSR count). The van der Waals surface area contributed by atoms with E-state index in [1.165, 1.54) is 19.3 Å². The lowest BCUT2D eigenvalue weighted by Gasteiger charge is -2.45. The van der Waals surface area contributed by atoms with E-state index in [4.69, 9.17) is 0 Å². The van der Waals surface area contributed by atoms with Gasteiger partial charge in [0, 0.05) is 8.80 Å². The summed E-state index contributed by atoms with van der Waals surface area (Å²) in [5.41, 5.74) is 1.63. The Morgan fingerprint density at radius 2 is 1.50 bits per heavy atom. The van der Waals surface area contributed by atoms with Crippen molar-refractivity contribution in [1.29, 1.82) is 0 Å². The van der Waals surface area contributed by atoms with E-state index in [1.807, 2.05) is 0 Å². The average molecular weight is 212 g/mol. The summed E-state index contributed by atoms with van der Waals surface area (Å²) in [6.45, 7) is 14.8. The minimum absolute atomic E-state index is 0.554. The van der Waals surface area contributed by atoms with E-state index in [2.05, 4.69) is 41.5 Å².